The molecule has 0 aromatic rings. The van der Waals surface area contributed by atoms with Crippen LogP contribution in [0.1, 0.15) is 39.5 Å². The molecule has 1 aliphatic carbocycles. The second-order valence-corrected chi connectivity index (χ2v) is 2.64. The standard InChI is InChI=1S/C4H10O.C4H8.C2H6O2/c1-3-5-4-2;1-2-4-3-1;3-1-2-4/h3-4H2,1-2H3;1-4H2;3-4H,1-2H2. The van der Waals surface area contributed by atoms with Gasteiger partial charge in [0, 0.05) is 13.2 Å². The van der Waals surface area contributed by atoms with E-state index < -0.39 is 0 Å². The third-order valence-corrected chi connectivity index (χ3v) is 1.51. The van der Waals surface area contributed by atoms with Gasteiger partial charge in [-0.25, -0.2) is 0 Å². The fourth-order valence-corrected chi connectivity index (χ4v) is 0.454. The van der Waals surface area contributed by atoms with Crippen LogP contribution >= 0.6 is 0 Å². The van der Waals surface area contributed by atoms with Crippen molar-refractivity contribution < 1.29 is 14.9 Å². The summed E-state index contributed by atoms with van der Waals surface area (Å²) in [5, 5.41) is 15.2. The van der Waals surface area contributed by atoms with Gasteiger partial charge in [0.15, 0.2) is 0 Å². The van der Waals surface area contributed by atoms with Crippen LogP contribution in [0.15, 0.2) is 0 Å². The van der Waals surface area contributed by atoms with Gasteiger partial charge in [0.05, 0.1) is 13.2 Å². The van der Waals surface area contributed by atoms with Gasteiger partial charge in [-0.1, -0.05) is 25.7 Å². The van der Waals surface area contributed by atoms with Crippen LogP contribution < -0.4 is 0 Å². The van der Waals surface area contributed by atoms with E-state index in [1.54, 1.807) is 0 Å². The maximum atomic E-state index is 7.62. The summed E-state index contributed by atoms with van der Waals surface area (Å²) >= 11 is 0. The van der Waals surface area contributed by atoms with Gasteiger partial charge < -0.3 is 14.9 Å². The lowest BCUT2D eigenvalue weighted by atomic mass is 10.0. The minimum atomic E-state index is -0.125. The normalized spacial score (nSPS) is 12.9. The molecule has 1 aliphatic rings. The molecular formula is C10H24O3. The zero-order valence-corrected chi connectivity index (χ0v) is 8.96. The van der Waals surface area contributed by atoms with Crippen molar-refractivity contribution in [2.24, 2.45) is 0 Å². The van der Waals surface area contributed by atoms with Gasteiger partial charge in [-0.05, 0) is 13.8 Å². The van der Waals surface area contributed by atoms with Crippen LogP contribution in [0.5, 0.6) is 0 Å². The van der Waals surface area contributed by atoms with Gasteiger partial charge in [-0.2, -0.15) is 0 Å². The van der Waals surface area contributed by atoms with E-state index in [0.29, 0.717) is 0 Å². The summed E-state index contributed by atoms with van der Waals surface area (Å²) in [5.41, 5.74) is 0. The molecule has 0 unspecified atom stereocenters. The quantitative estimate of drug-likeness (QED) is 0.713. The van der Waals surface area contributed by atoms with Crippen LogP contribution in [0.25, 0.3) is 0 Å². The monoisotopic (exact) mass is 192 g/mol. The summed E-state index contributed by atoms with van der Waals surface area (Å²) in [7, 11) is 0. The van der Waals surface area contributed by atoms with E-state index in [0.717, 1.165) is 13.2 Å². The third-order valence-electron chi connectivity index (χ3n) is 1.51. The summed E-state index contributed by atoms with van der Waals surface area (Å²) in [4.78, 5) is 0. The predicted molar refractivity (Wildman–Crippen MR) is 54.8 cm³/mol. The topological polar surface area (TPSA) is 49.7 Å². The molecule has 82 valence electrons. The second-order valence-electron chi connectivity index (χ2n) is 2.64. The highest BCUT2D eigenvalue weighted by Gasteiger charge is 1.95. The Bertz CT molecular complexity index is 55.2. The molecule has 3 heteroatoms. The lowest BCUT2D eigenvalue weighted by molar-refractivity contribution is 0.162. The van der Waals surface area contributed by atoms with Crippen LogP contribution in [0.4, 0.5) is 0 Å². The van der Waals surface area contributed by atoms with E-state index in [1.807, 2.05) is 13.8 Å². The van der Waals surface area contributed by atoms with Crippen LogP contribution in [0.2, 0.25) is 0 Å². The number of ether oxygens (including phenoxy) is 1. The van der Waals surface area contributed by atoms with E-state index in [2.05, 4.69) is 0 Å². The SMILES string of the molecule is C1CCC1.CCOCC.OCCO. The van der Waals surface area contributed by atoms with Crippen molar-refractivity contribution in [3.05, 3.63) is 0 Å². The average Bonchev–Trinajstić information content (AvgIpc) is 2.03. The van der Waals surface area contributed by atoms with Crippen LogP contribution in [-0.4, -0.2) is 36.6 Å². The summed E-state index contributed by atoms with van der Waals surface area (Å²) < 4.78 is 4.83. The number of rotatable bonds is 3. The van der Waals surface area contributed by atoms with Gasteiger partial charge >= 0.3 is 0 Å². The fraction of sp³-hybridized carbons (Fsp3) is 1.00. The molecule has 2 N–H and O–H groups in total. The molecule has 0 heterocycles. The maximum Gasteiger partial charge on any atom is 0.0662 e. The molecule has 0 aromatic heterocycles. The molecule has 13 heavy (non-hydrogen) atoms. The second kappa shape index (κ2) is 17.8. The molecule has 0 radical (unpaired) electrons. The van der Waals surface area contributed by atoms with Crippen LogP contribution in [0, 0.1) is 0 Å². The van der Waals surface area contributed by atoms with Gasteiger partial charge in [-0.15, -0.1) is 0 Å². The zero-order valence-electron chi connectivity index (χ0n) is 8.96. The Labute approximate surface area is 81.7 Å². The van der Waals surface area contributed by atoms with Crippen LogP contribution in [0.3, 0.4) is 0 Å². The van der Waals surface area contributed by atoms with Crippen molar-refractivity contribution in [3.8, 4) is 0 Å². The molecule has 0 atom stereocenters. The van der Waals surface area contributed by atoms with E-state index in [9.17, 15) is 0 Å². The fourth-order valence-electron chi connectivity index (χ4n) is 0.454. The summed E-state index contributed by atoms with van der Waals surface area (Å²) in [5.74, 6) is 0. The molecule has 0 aromatic carbocycles. The minimum absolute atomic E-state index is 0.125. The predicted octanol–water partition coefficient (Wildman–Crippen LogP) is 1.57. The molecule has 1 saturated carbocycles. The van der Waals surface area contributed by atoms with Crippen molar-refractivity contribution in [2.45, 2.75) is 39.5 Å². The van der Waals surface area contributed by atoms with Crippen molar-refractivity contribution >= 4 is 0 Å². The Morgan fingerprint density at radius 3 is 1.15 bits per heavy atom. The minimum Gasteiger partial charge on any atom is -0.394 e. The van der Waals surface area contributed by atoms with Crippen LogP contribution in [-0.2, 0) is 4.74 Å². The highest BCUT2D eigenvalue weighted by atomic mass is 16.5. The Balaban J connectivity index is 0. The van der Waals surface area contributed by atoms with E-state index >= 15 is 0 Å². The number of aliphatic hydroxyl groups excluding tert-OH is 2. The first-order valence-corrected chi connectivity index (χ1v) is 5.12. The van der Waals surface area contributed by atoms with Gasteiger partial charge in [-0.3, -0.25) is 0 Å². The first-order chi connectivity index (χ1) is 6.33. The summed E-state index contributed by atoms with van der Waals surface area (Å²) in [6.07, 6.45) is 6.00. The van der Waals surface area contributed by atoms with Gasteiger partial charge in [0.25, 0.3) is 0 Å². The smallest absolute Gasteiger partial charge is 0.0662 e. The number of aliphatic hydroxyl groups is 2. The number of hydrogen-bond donors (Lipinski definition) is 2. The maximum absolute atomic E-state index is 7.62. The first kappa shape index (κ1) is 15.4. The van der Waals surface area contributed by atoms with Crippen molar-refractivity contribution in [1.29, 1.82) is 0 Å². The molecule has 1 rings (SSSR count). The molecule has 3 nitrogen and oxygen atoms in total. The average molecular weight is 192 g/mol. The van der Waals surface area contributed by atoms with Gasteiger partial charge in [0.2, 0.25) is 0 Å². The Morgan fingerprint density at radius 2 is 1.15 bits per heavy atom. The Morgan fingerprint density at radius 1 is 0.846 bits per heavy atom. The highest BCUT2D eigenvalue weighted by molar-refractivity contribution is 4.50. The molecule has 0 spiro atoms. The van der Waals surface area contributed by atoms with Crippen molar-refractivity contribution in [1.82, 2.24) is 0 Å². The summed E-state index contributed by atoms with van der Waals surface area (Å²) in [6, 6.07) is 0. The lowest BCUT2D eigenvalue weighted by Crippen LogP contribution is -1.85. The molecule has 0 bridgehead atoms. The van der Waals surface area contributed by atoms with Crippen molar-refractivity contribution in [3.63, 3.8) is 0 Å². The summed E-state index contributed by atoms with van der Waals surface area (Å²) in [6.45, 7) is 5.42. The van der Waals surface area contributed by atoms with Crippen molar-refractivity contribution in [2.75, 3.05) is 26.4 Å². The van der Waals surface area contributed by atoms with Gasteiger partial charge in [0.1, 0.15) is 0 Å². The molecular weight excluding hydrogens is 168 g/mol. The third kappa shape index (κ3) is 24.5. The van der Waals surface area contributed by atoms with E-state index in [1.165, 1.54) is 25.7 Å². The lowest BCUT2D eigenvalue weighted by Gasteiger charge is -2.05. The molecule has 1 fully saturated rings. The molecule has 0 saturated heterocycles. The van der Waals surface area contributed by atoms with E-state index in [4.69, 9.17) is 14.9 Å². The molecule has 0 aliphatic heterocycles. The highest BCUT2D eigenvalue weighted by Crippen LogP contribution is 2.15. The first-order valence-electron chi connectivity index (χ1n) is 5.12. The molecule has 0 amide bonds. The largest absolute Gasteiger partial charge is 0.394 e. The Hall–Kier alpha value is -0.120. The van der Waals surface area contributed by atoms with E-state index in [-0.39, 0.29) is 13.2 Å². The zero-order chi connectivity index (χ0) is 10.4. The number of hydrogen-bond acceptors (Lipinski definition) is 3. The Kier molecular flexibility index (Phi) is 21.1.